The van der Waals surface area contributed by atoms with Gasteiger partial charge < -0.3 is 4.74 Å². The maximum absolute atomic E-state index is 11.7. The number of piperidine rings is 1. The maximum atomic E-state index is 11.7. The van der Waals surface area contributed by atoms with Crippen molar-refractivity contribution in [2.75, 3.05) is 20.2 Å². The number of likely N-dealkylation sites (tertiary alicyclic amines) is 1. The van der Waals surface area contributed by atoms with Gasteiger partial charge in [0, 0.05) is 13.1 Å². The molecule has 1 atom stereocenters. The normalized spacial score (nSPS) is 18.5. The highest BCUT2D eigenvalue weighted by Gasteiger charge is 2.26. The third-order valence-electron chi connectivity index (χ3n) is 4.79. The van der Waals surface area contributed by atoms with E-state index in [4.69, 9.17) is 4.74 Å². The zero-order valence-electron chi connectivity index (χ0n) is 15.2. The fourth-order valence-corrected chi connectivity index (χ4v) is 3.30. The van der Waals surface area contributed by atoms with Crippen LogP contribution in [-0.2, 0) is 16.1 Å². The van der Waals surface area contributed by atoms with Crippen molar-refractivity contribution in [3.05, 3.63) is 41.7 Å². The predicted molar refractivity (Wildman–Crippen MR) is 95.5 cm³/mol. The number of esters is 1. The average Bonchev–Trinajstić information content (AvgIpc) is 3.09. The molecule has 0 N–H and O–H groups in total. The van der Waals surface area contributed by atoms with Crippen molar-refractivity contribution in [3.63, 3.8) is 0 Å². The molecular weight excluding hydrogens is 316 g/mol. The highest BCUT2D eigenvalue weighted by molar-refractivity contribution is 5.72. The van der Waals surface area contributed by atoms with E-state index in [1.54, 1.807) is 4.68 Å². The van der Waals surface area contributed by atoms with Gasteiger partial charge in [-0.1, -0.05) is 31.2 Å². The molecule has 1 aliphatic rings. The van der Waals surface area contributed by atoms with Gasteiger partial charge in [0.2, 0.25) is 0 Å². The molecule has 0 radical (unpaired) electrons. The van der Waals surface area contributed by atoms with Crippen LogP contribution in [-0.4, -0.2) is 46.1 Å². The van der Waals surface area contributed by atoms with E-state index >= 15 is 0 Å². The highest BCUT2D eigenvalue weighted by atomic mass is 16.5. The Morgan fingerprint density at radius 2 is 2.08 bits per heavy atom. The molecule has 1 unspecified atom stereocenters. The highest BCUT2D eigenvalue weighted by Crippen LogP contribution is 2.20. The van der Waals surface area contributed by atoms with Crippen LogP contribution in [0.25, 0.3) is 5.69 Å². The molecule has 2 heterocycles. The van der Waals surface area contributed by atoms with Crippen LogP contribution in [0.2, 0.25) is 0 Å². The Hall–Kier alpha value is -2.21. The van der Waals surface area contributed by atoms with E-state index in [1.165, 1.54) is 12.7 Å². The number of methoxy groups -OCH3 is 1. The molecule has 0 amide bonds. The zero-order valence-corrected chi connectivity index (χ0v) is 15.2. The van der Waals surface area contributed by atoms with Gasteiger partial charge in [-0.2, -0.15) is 0 Å². The third-order valence-corrected chi connectivity index (χ3v) is 4.79. The summed E-state index contributed by atoms with van der Waals surface area (Å²) in [6.45, 7) is 6.77. The molecule has 134 valence electrons. The van der Waals surface area contributed by atoms with E-state index in [0.717, 1.165) is 37.3 Å². The first-order valence-electron chi connectivity index (χ1n) is 8.88. The molecule has 3 rings (SSSR count). The van der Waals surface area contributed by atoms with Gasteiger partial charge in [0.25, 0.3) is 0 Å². The van der Waals surface area contributed by atoms with Crippen LogP contribution in [0.15, 0.2) is 30.5 Å². The van der Waals surface area contributed by atoms with Crippen molar-refractivity contribution in [2.45, 2.75) is 39.2 Å². The summed E-state index contributed by atoms with van der Waals surface area (Å²) in [6.07, 6.45) is 3.87. The minimum atomic E-state index is -0.112. The number of carbonyl (C=O) groups excluding carboxylic acids is 1. The average molecular weight is 342 g/mol. The number of aromatic nitrogens is 3. The van der Waals surface area contributed by atoms with Crippen molar-refractivity contribution < 1.29 is 9.53 Å². The molecule has 0 aliphatic carbocycles. The Bertz CT molecular complexity index is 708. The van der Waals surface area contributed by atoms with Crippen molar-refractivity contribution in [2.24, 2.45) is 5.92 Å². The van der Waals surface area contributed by atoms with E-state index in [0.29, 0.717) is 12.5 Å². The molecule has 6 heteroatoms. The topological polar surface area (TPSA) is 60.2 Å². The van der Waals surface area contributed by atoms with Gasteiger partial charge in [-0.15, -0.1) is 5.10 Å². The second kappa shape index (κ2) is 7.78. The van der Waals surface area contributed by atoms with Crippen LogP contribution in [0.3, 0.4) is 0 Å². The smallest absolute Gasteiger partial charge is 0.309 e. The molecule has 2 aromatic rings. The quantitative estimate of drug-likeness (QED) is 0.782. The zero-order chi connectivity index (χ0) is 17.8. The Kier molecular flexibility index (Phi) is 5.48. The van der Waals surface area contributed by atoms with E-state index in [2.05, 4.69) is 53.3 Å². The summed E-state index contributed by atoms with van der Waals surface area (Å²) >= 11 is 0. The third kappa shape index (κ3) is 4.25. The lowest BCUT2D eigenvalue weighted by Crippen LogP contribution is -2.38. The second-order valence-electron chi connectivity index (χ2n) is 7.00. The number of rotatable bonds is 5. The van der Waals surface area contributed by atoms with Crippen LogP contribution >= 0.6 is 0 Å². The number of hydrogen-bond acceptors (Lipinski definition) is 5. The van der Waals surface area contributed by atoms with Crippen molar-refractivity contribution >= 4 is 5.97 Å². The first kappa shape index (κ1) is 17.6. The number of ether oxygens (including phenoxy) is 1. The summed E-state index contributed by atoms with van der Waals surface area (Å²) in [6, 6.07) is 8.41. The SMILES string of the molecule is COC(=O)C1CCCN(Cc2cn(-c3ccc(C(C)C)cc3)nn2)C1. The van der Waals surface area contributed by atoms with Crippen LogP contribution in [0.1, 0.15) is 43.9 Å². The van der Waals surface area contributed by atoms with Gasteiger partial charge >= 0.3 is 5.97 Å². The van der Waals surface area contributed by atoms with E-state index < -0.39 is 0 Å². The van der Waals surface area contributed by atoms with Crippen molar-refractivity contribution in [3.8, 4) is 5.69 Å². The van der Waals surface area contributed by atoms with Crippen LogP contribution in [0, 0.1) is 5.92 Å². The minimum Gasteiger partial charge on any atom is -0.469 e. The maximum Gasteiger partial charge on any atom is 0.309 e. The van der Waals surface area contributed by atoms with Gasteiger partial charge in [0.1, 0.15) is 0 Å². The Morgan fingerprint density at radius 3 is 2.76 bits per heavy atom. The second-order valence-corrected chi connectivity index (χ2v) is 7.00. The summed E-state index contributed by atoms with van der Waals surface area (Å²) in [5.41, 5.74) is 3.24. The van der Waals surface area contributed by atoms with E-state index in [1.807, 2.05) is 6.20 Å². The van der Waals surface area contributed by atoms with E-state index in [9.17, 15) is 4.79 Å². The molecule has 25 heavy (non-hydrogen) atoms. The number of carbonyl (C=O) groups is 1. The van der Waals surface area contributed by atoms with Gasteiger partial charge in [-0.25, -0.2) is 4.68 Å². The Morgan fingerprint density at radius 1 is 1.32 bits per heavy atom. The molecule has 1 saturated heterocycles. The monoisotopic (exact) mass is 342 g/mol. The molecule has 1 aliphatic heterocycles. The fraction of sp³-hybridized carbons (Fsp3) is 0.526. The van der Waals surface area contributed by atoms with Crippen LogP contribution in [0.5, 0.6) is 0 Å². The summed E-state index contributed by atoms with van der Waals surface area (Å²) in [7, 11) is 1.46. The molecule has 1 aromatic carbocycles. The van der Waals surface area contributed by atoms with Crippen molar-refractivity contribution in [1.29, 1.82) is 0 Å². The lowest BCUT2D eigenvalue weighted by atomic mass is 9.98. The molecule has 0 spiro atoms. The first-order chi connectivity index (χ1) is 12.1. The Labute approximate surface area is 148 Å². The van der Waals surface area contributed by atoms with Gasteiger partial charge in [0.15, 0.2) is 0 Å². The fourth-order valence-electron chi connectivity index (χ4n) is 3.30. The van der Waals surface area contributed by atoms with Crippen LogP contribution in [0.4, 0.5) is 0 Å². The first-order valence-corrected chi connectivity index (χ1v) is 8.88. The van der Waals surface area contributed by atoms with Crippen LogP contribution < -0.4 is 0 Å². The van der Waals surface area contributed by atoms with Crippen molar-refractivity contribution in [1.82, 2.24) is 19.9 Å². The van der Waals surface area contributed by atoms with Gasteiger partial charge in [-0.05, 0) is 43.0 Å². The summed E-state index contributed by atoms with van der Waals surface area (Å²) in [4.78, 5) is 14.0. The number of nitrogens with zero attached hydrogens (tertiary/aromatic N) is 4. The summed E-state index contributed by atoms with van der Waals surface area (Å²) < 4.78 is 6.69. The molecular formula is C19H26N4O2. The Balaban J connectivity index is 1.64. The number of hydrogen-bond donors (Lipinski definition) is 0. The predicted octanol–water partition coefficient (Wildman–Crippen LogP) is 2.78. The van der Waals surface area contributed by atoms with E-state index in [-0.39, 0.29) is 11.9 Å². The standard InChI is InChI=1S/C19H26N4O2/c1-14(2)15-6-8-18(9-7-15)23-13-17(20-21-23)12-22-10-4-5-16(11-22)19(24)25-3/h6-9,13-14,16H,4-5,10-12H2,1-3H3. The molecule has 1 aromatic heterocycles. The lowest BCUT2D eigenvalue weighted by Gasteiger charge is -2.30. The largest absolute Gasteiger partial charge is 0.469 e. The van der Waals surface area contributed by atoms with Gasteiger partial charge in [-0.3, -0.25) is 9.69 Å². The van der Waals surface area contributed by atoms with Gasteiger partial charge in [0.05, 0.1) is 30.6 Å². The lowest BCUT2D eigenvalue weighted by molar-refractivity contribution is -0.147. The summed E-state index contributed by atoms with van der Waals surface area (Å²) in [5, 5.41) is 8.53. The minimum absolute atomic E-state index is 0.0302. The summed E-state index contributed by atoms with van der Waals surface area (Å²) in [5.74, 6) is 0.373. The number of benzene rings is 1. The molecule has 0 saturated carbocycles. The molecule has 1 fully saturated rings. The molecule has 0 bridgehead atoms. The molecule has 6 nitrogen and oxygen atoms in total.